The summed E-state index contributed by atoms with van der Waals surface area (Å²) in [4.78, 5) is 26.9. The molecule has 2 aromatic heterocycles. The number of aryl methyl sites for hydroxylation is 1. The lowest BCUT2D eigenvalue weighted by atomic mass is 9.95. The van der Waals surface area contributed by atoms with Crippen molar-refractivity contribution in [2.24, 2.45) is 0 Å². The zero-order valence-electron chi connectivity index (χ0n) is 18.9. The van der Waals surface area contributed by atoms with Crippen LogP contribution in [0.15, 0.2) is 50.7 Å². The summed E-state index contributed by atoms with van der Waals surface area (Å²) < 4.78 is 48.2. The Hall–Kier alpha value is -3.41. The van der Waals surface area contributed by atoms with Crippen molar-refractivity contribution in [3.8, 4) is 5.75 Å². The van der Waals surface area contributed by atoms with Crippen LogP contribution in [-0.2, 0) is 0 Å². The summed E-state index contributed by atoms with van der Waals surface area (Å²) in [6, 6.07) is 5.63. The number of hydrogen-bond donors (Lipinski definition) is 1. The molecule has 2 aliphatic rings. The molecule has 5 rings (SSSR count). The molecule has 0 radical (unpaired) electrons. The van der Waals surface area contributed by atoms with Gasteiger partial charge in [-0.05, 0) is 32.4 Å². The molecule has 0 saturated heterocycles. The van der Waals surface area contributed by atoms with Crippen LogP contribution in [0.25, 0.3) is 0 Å². The van der Waals surface area contributed by atoms with Gasteiger partial charge in [-0.25, -0.2) is 0 Å². The third-order valence-electron chi connectivity index (χ3n) is 6.43. The quantitative estimate of drug-likeness (QED) is 0.559. The number of amides is 1. The lowest BCUT2D eigenvalue weighted by Gasteiger charge is -2.45. The zero-order valence-corrected chi connectivity index (χ0v) is 19.7. The normalized spacial score (nSPS) is 20.7. The van der Waals surface area contributed by atoms with Gasteiger partial charge in [-0.1, -0.05) is 23.4 Å². The number of alkyl halides is 3. The van der Waals surface area contributed by atoms with Crippen molar-refractivity contribution in [1.29, 1.82) is 0 Å². The molecule has 2 aliphatic heterocycles. The Morgan fingerprint density at radius 1 is 1.23 bits per heavy atom. The fraction of sp³-hybridized carbons (Fsp3) is 0.348. The monoisotopic (exact) mass is 506 g/mol. The van der Waals surface area contributed by atoms with Gasteiger partial charge in [-0.3, -0.25) is 19.3 Å². The second-order valence-corrected chi connectivity index (χ2v) is 9.92. The minimum absolute atomic E-state index is 0.143. The van der Waals surface area contributed by atoms with Crippen molar-refractivity contribution in [2.75, 3.05) is 11.7 Å². The number of benzene rings is 1. The number of nitrogens with zero attached hydrogens (tertiary/aromatic N) is 4. The molecule has 0 spiro atoms. The van der Waals surface area contributed by atoms with Crippen LogP contribution in [0.5, 0.6) is 5.75 Å². The molecule has 0 saturated carbocycles. The molecule has 0 aliphatic carbocycles. The Morgan fingerprint density at radius 3 is 2.66 bits per heavy atom. The smallest absolute Gasteiger partial charge is 0.408 e. The van der Waals surface area contributed by atoms with Gasteiger partial charge >= 0.3 is 6.18 Å². The van der Waals surface area contributed by atoms with Crippen LogP contribution in [0.1, 0.15) is 58.2 Å². The Labute approximate surface area is 201 Å². The molecule has 184 valence electrons. The van der Waals surface area contributed by atoms with Gasteiger partial charge in [0.2, 0.25) is 5.43 Å². The van der Waals surface area contributed by atoms with Gasteiger partial charge < -0.3 is 14.5 Å². The Bertz CT molecular complexity index is 1390. The summed E-state index contributed by atoms with van der Waals surface area (Å²) in [6.45, 7) is 4.10. The molecular formula is C23H21F3N4O4S. The molecule has 35 heavy (non-hydrogen) atoms. The van der Waals surface area contributed by atoms with Crippen LogP contribution < -0.4 is 10.4 Å². The summed E-state index contributed by atoms with van der Waals surface area (Å²) in [5, 5.41) is 16.0. The largest absolute Gasteiger partial charge is 0.502 e. The van der Waals surface area contributed by atoms with Crippen molar-refractivity contribution in [3.63, 3.8) is 0 Å². The number of carbonyl (C=O) groups is 1. The predicted molar refractivity (Wildman–Crippen MR) is 121 cm³/mol. The van der Waals surface area contributed by atoms with E-state index in [9.17, 15) is 27.9 Å². The van der Waals surface area contributed by atoms with Gasteiger partial charge in [-0.2, -0.15) is 13.2 Å². The first-order chi connectivity index (χ1) is 16.5. The minimum Gasteiger partial charge on any atom is -0.502 e. The second kappa shape index (κ2) is 8.08. The first-order valence-electron chi connectivity index (χ1n) is 10.8. The number of hydrogen-bond acceptors (Lipinski definition) is 7. The molecule has 1 amide bonds. The van der Waals surface area contributed by atoms with E-state index in [0.717, 1.165) is 23.4 Å². The summed E-state index contributed by atoms with van der Waals surface area (Å²) in [5.41, 5.74) is 0.588. The maximum Gasteiger partial charge on any atom is 0.408 e. The number of halogens is 3. The molecule has 0 fully saturated rings. The average Bonchev–Trinajstić information content (AvgIpc) is 3.12. The molecule has 1 N–H and O–H groups in total. The van der Waals surface area contributed by atoms with E-state index < -0.39 is 47.7 Å². The average molecular weight is 507 g/mol. The Balaban J connectivity index is 1.80. The number of fused-ring (bicyclic) bond motifs is 3. The van der Waals surface area contributed by atoms with Crippen molar-refractivity contribution in [1.82, 2.24) is 14.7 Å². The van der Waals surface area contributed by atoms with Gasteiger partial charge in [0, 0.05) is 22.7 Å². The van der Waals surface area contributed by atoms with Crippen LogP contribution >= 0.6 is 11.8 Å². The van der Waals surface area contributed by atoms with Gasteiger partial charge in [0.25, 0.3) is 5.91 Å². The molecular weight excluding hydrogens is 485 g/mol. The van der Waals surface area contributed by atoms with Crippen molar-refractivity contribution in [2.45, 2.75) is 49.2 Å². The standard InChI is InChI=1S/C23H21F3N4O4S/c1-11-17-18(14-6-4-5-7-16(14)35-12(2)21(17)34-27-11)30-10-28(13(3)23(24,25)26)22(33)19-20(32)15(31)8-9-29(19)30/h4-9,12-13,18,32H,10H2,1-3H3/t12?,13-,18-/m1/s1. The highest BCUT2D eigenvalue weighted by Crippen LogP contribution is 2.49. The van der Waals surface area contributed by atoms with E-state index in [2.05, 4.69) is 5.16 Å². The number of thioether (sulfide) groups is 1. The minimum atomic E-state index is -4.72. The number of rotatable bonds is 2. The van der Waals surface area contributed by atoms with Crippen LogP contribution in [-0.4, -0.2) is 44.6 Å². The Kier molecular flexibility index (Phi) is 5.38. The lowest BCUT2D eigenvalue weighted by Crippen LogP contribution is -2.60. The van der Waals surface area contributed by atoms with Crippen LogP contribution in [0.3, 0.4) is 0 Å². The number of aromatic nitrogens is 2. The number of carbonyl (C=O) groups excluding carboxylic acids is 1. The third kappa shape index (κ3) is 3.58. The van der Waals surface area contributed by atoms with E-state index in [1.807, 2.05) is 31.2 Å². The number of aromatic hydroxyl groups is 1. The van der Waals surface area contributed by atoms with Crippen molar-refractivity contribution in [3.05, 3.63) is 75.0 Å². The van der Waals surface area contributed by atoms with Crippen LogP contribution in [0.4, 0.5) is 13.2 Å². The van der Waals surface area contributed by atoms with Crippen molar-refractivity contribution >= 4 is 17.7 Å². The summed E-state index contributed by atoms with van der Waals surface area (Å²) in [7, 11) is 0. The van der Waals surface area contributed by atoms with Crippen molar-refractivity contribution < 1.29 is 27.6 Å². The van der Waals surface area contributed by atoms with Gasteiger partial charge in [-0.15, -0.1) is 11.8 Å². The van der Waals surface area contributed by atoms with E-state index >= 15 is 0 Å². The molecule has 1 aromatic carbocycles. The fourth-order valence-corrected chi connectivity index (χ4v) is 5.71. The van der Waals surface area contributed by atoms with E-state index in [0.29, 0.717) is 21.9 Å². The first-order valence-corrected chi connectivity index (χ1v) is 11.7. The maximum absolute atomic E-state index is 13.8. The van der Waals surface area contributed by atoms with E-state index in [1.165, 1.54) is 27.6 Å². The third-order valence-corrected chi connectivity index (χ3v) is 7.62. The zero-order chi connectivity index (χ0) is 25.2. The number of pyridine rings is 1. The topological polar surface area (TPSA) is 91.8 Å². The van der Waals surface area contributed by atoms with Crippen LogP contribution in [0, 0.1) is 6.92 Å². The first kappa shape index (κ1) is 23.3. The second-order valence-electron chi connectivity index (χ2n) is 8.54. The lowest BCUT2D eigenvalue weighted by molar-refractivity contribution is -0.173. The highest BCUT2D eigenvalue weighted by Gasteiger charge is 2.48. The molecule has 3 aromatic rings. The maximum atomic E-state index is 13.8. The van der Waals surface area contributed by atoms with E-state index in [1.54, 1.807) is 6.92 Å². The van der Waals surface area contributed by atoms with Gasteiger partial charge in [0.1, 0.15) is 18.8 Å². The fourth-order valence-electron chi connectivity index (χ4n) is 4.58. The Morgan fingerprint density at radius 2 is 1.94 bits per heavy atom. The highest BCUT2D eigenvalue weighted by atomic mass is 32.2. The molecule has 1 unspecified atom stereocenters. The van der Waals surface area contributed by atoms with Crippen LogP contribution in [0.2, 0.25) is 0 Å². The molecule has 8 nitrogen and oxygen atoms in total. The molecule has 4 heterocycles. The summed E-state index contributed by atoms with van der Waals surface area (Å²) >= 11 is 1.53. The highest BCUT2D eigenvalue weighted by molar-refractivity contribution is 7.99. The van der Waals surface area contributed by atoms with Gasteiger partial charge in [0.15, 0.2) is 17.2 Å². The van der Waals surface area contributed by atoms with E-state index in [-0.39, 0.29) is 5.25 Å². The summed E-state index contributed by atoms with van der Waals surface area (Å²) in [6.07, 6.45) is -3.43. The predicted octanol–water partition coefficient (Wildman–Crippen LogP) is 4.11. The molecule has 3 atom stereocenters. The molecule has 0 bridgehead atoms. The molecule has 12 heteroatoms. The SMILES string of the molecule is Cc1noc2c1[C@H](N1CN([C@H](C)C(F)(F)F)C(=O)c3c(O)c(=O)ccn31)c1ccccc1SC2C. The van der Waals surface area contributed by atoms with E-state index in [4.69, 9.17) is 4.52 Å². The van der Waals surface area contributed by atoms with Gasteiger partial charge in [0.05, 0.1) is 10.9 Å². The summed E-state index contributed by atoms with van der Waals surface area (Å²) in [5.74, 6) is -1.44.